The number of aromatic nitrogens is 1. The van der Waals surface area contributed by atoms with Crippen LogP contribution in [0.4, 0.5) is 0 Å². The summed E-state index contributed by atoms with van der Waals surface area (Å²) >= 11 is 12.2. The third-order valence-electron chi connectivity index (χ3n) is 4.85. The monoisotopic (exact) mass is 442 g/mol. The number of pyridine rings is 1. The SMILES string of the molecule is Cc1ccc(C(=O)C2=C(O)C(=O)N(Cc3cccnc3)[C@@H]2c2ccc(Cl)c(Cl)c2)o1. The zero-order valence-electron chi connectivity index (χ0n) is 15.8. The summed E-state index contributed by atoms with van der Waals surface area (Å²) in [5.74, 6) is -1.27. The molecule has 0 fully saturated rings. The van der Waals surface area contributed by atoms with E-state index in [0.29, 0.717) is 16.3 Å². The molecule has 0 spiro atoms. The van der Waals surface area contributed by atoms with Crippen molar-refractivity contribution in [1.29, 1.82) is 0 Å². The van der Waals surface area contributed by atoms with Gasteiger partial charge in [-0.25, -0.2) is 0 Å². The van der Waals surface area contributed by atoms with Crippen LogP contribution >= 0.6 is 23.2 Å². The first-order valence-corrected chi connectivity index (χ1v) is 9.81. The van der Waals surface area contributed by atoms with Crippen LogP contribution < -0.4 is 0 Å². The van der Waals surface area contributed by atoms with Crippen molar-refractivity contribution in [3.8, 4) is 0 Å². The molecule has 2 aromatic heterocycles. The van der Waals surface area contributed by atoms with Crippen LogP contribution in [0.15, 0.2) is 70.6 Å². The van der Waals surface area contributed by atoms with Gasteiger partial charge in [-0.1, -0.05) is 35.3 Å². The predicted molar refractivity (Wildman–Crippen MR) is 111 cm³/mol. The van der Waals surface area contributed by atoms with Crippen LogP contribution in [-0.4, -0.2) is 26.7 Å². The van der Waals surface area contributed by atoms with Crippen LogP contribution in [0.25, 0.3) is 0 Å². The van der Waals surface area contributed by atoms with E-state index in [9.17, 15) is 14.7 Å². The summed E-state index contributed by atoms with van der Waals surface area (Å²) in [5.41, 5.74) is 1.21. The third kappa shape index (κ3) is 3.60. The number of ketones is 1. The van der Waals surface area contributed by atoms with Crippen molar-refractivity contribution in [2.75, 3.05) is 0 Å². The normalized spacial score (nSPS) is 16.4. The number of aliphatic hydroxyl groups is 1. The minimum absolute atomic E-state index is 0.0372. The Morgan fingerprint density at radius 3 is 2.63 bits per heavy atom. The van der Waals surface area contributed by atoms with E-state index in [1.54, 1.807) is 55.7 Å². The van der Waals surface area contributed by atoms with Gasteiger partial charge in [-0.3, -0.25) is 14.6 Å². The van der Waals surface area contributed by atoms with Crippen molar-refractivity contribution in [2.24, 2.45) is 0 Å². The fourth-order valence-electron chi connectivity index (χ4n) is 3.46. The third-order valence-corrected chi connectivity index (χ3v) is 5.59. The minimum Gasteiger partial charge on any atom is -0.503 e. The summed E-state index contributed by atoms with van der Waals surface area (Å²) in [6, 6.07) is 10.7. The van der Waals surface area contributed by atoms with Gasteiger partial charge < -0.3 is 14.4 Å². The zero-order valence-corrected chi connectivity index (χ0v) is 17.3. The Hall–Kier alpha value is -3.09. The maximum absolute atomic E-state index is 13.2. The van der Waals surface area contributed by atoms with Gasteiger partial charge in [-0.15, -0.1) is 0 Å². The molecular formula is C22H16Cl2N2O4. The Morgan fingerprint density at radius 2 is 2.00 bits per heavy atom. The van der Waals surface area contributed by atoms with E-state index in [1.165, 1.54) is 11.0 Å². The van der Waals surface area contributed by atoms with Crippen molar-refractivity contribution < 1.29 is 19.1 Å². The summed E-state index contributed by atoms with van der Waals surface area (Å²) in [4.78, 5) is 31.6. The fourth-order valence-corrected chi connectivity index (χ4v) is 3.76. The highest BCUT2D eigenvalue weighted by Gasteiger charge is 2.44. The van der Waals surface area contributed by atoms with Gasteiger partial charge in [-0.05, 0) is 48.4 Å². The molecule has 1 N–H and O–H groups in total. The van der Waals surface area contributed by atoms with E-state index in [2.05, 4.69) is 4.98 Å². The number of nitrogens with zero attached hydrogens (tertiary/aromatic N) is 2. The molecule has 8 heteroatoms. The first kappa shape index (κ1) is 20.2. The number of hydrogen-bond acceptors (Lipinski definition) is 5. The number of rotatable bonds is 5. The van der Waals surface area contributed by atoms with Gasteiger partial charge in [0.1, 0.15) is 5.76 Å². The Morgan fingerprint density at radius 1 is 1.20 bits per heavy atom. The number of furan rings is 1. The lowest BCUT2D eigenvalue weighted by molar-refractivity contribution is -0.130. The van der Waals surface area contributed by atoms with Crippen molar-refractivity contribution in [3.63, 3.8) is 0 Å². The number of aryl methyl sites for hydroxylation is 1. The van der Waals surface area contributed by atoms with Crippen LogP contribution in [-0.2, 0) is 11.3 Å². The van der Waals surface area contributed by atoms with E-state index >= 15 is 0 Å². The van der Waals surface area contributed by atoms with Crippen molar-refractivity contribution in [2.45, 2.75) is 19.5 Å². The molecule has 1 amide bonds. The lowest BCUT2D eigenvalue weighted by Gasteiger charge is -2.27. The average molecular weight is 443 g/mol. The smallest absolute Gasteiger partial charge is 0.290 e. The molecule has 0 aliphatic carbocycles. The molecule has 4 rings (SSSR count). The molecule has 0 radical (unpaired) electrons. The highest BCUT2D eigenvalue weighted by Crippen LogP contribution is 2.41. The van der Waals surface area contributed by atoms with Gasteiger partial charge in [0.05, 0.1) is 21.7 Å². The van der Waals surface area contributed by atoms with Crippen LogP contribution in [0, 0.1) is 6.92 Å². The van der Waals surface area contributed by atoms with E-state index < -0.39 is 23.5 Å². The van der Waals surface area contributed by atoms with Gasteiger partial charge in [0.15, 0.2) is 11.5 Å². The van der Waals surface area contributed by atoms with E-state index in [0.717, 1.165) is 5.56 Å². The number of halogens is 2. The predicted octanol–water partition coefficient (Wildman–Crippen LogP) is 5.07. The molecule has 1 aromatic carbocycles. The zero-order chi connectivity index (χ0) is 21.4. The Kier molecular flexibility index (Phi) is 5.37. The quantitative estimate of drug-likeness (QED) is 0.557. The molecule has 1 aliphatic heterocycles. The number of hydrogen-bond donors (Lipinski definition) is 1. The average Bonchev–Trinajstić information content (AvgIpc) is 3.27. The first-order valence-electron chi connectivity index (χ1n) is 9.06. The van der Waals surface area contributed by atoms with E-state index in [-0.39, 0.29) is 22.9 Å². The second-order valence-electron chi connectivity index (χ2n) is 6.87. The molecule has 0 bridgehead atoms. The molecule has 0 saturated carbocycles. The van der Waals surface area contributed by atoms with Gasteiger partial charge in [-0.2, -0.15) is 0 Å². The molecule has 1 aliphatic rings. The second kappa shape index (κ2) is 7.97. The van der Waals surface area contributed by atoms with Gasteiger partial charge >= 0.3 is 0 Å². The minimum atomic E-state index is -0.870. The number of carbonyl (C=O) groups is 2. The molecule has 152 valence electrons. The lowest BCUT2D eigenvalue weighted by Crippen LogP contribution is -2.30. The number of carbonyl (C=O) groups excluding carboxylic acids is 2. The van der Waals surface area contributed by atoms with Crippen molar-refractivity contribution >= 4 is 34.9 Å². The highest BCUT2D eigenvalue weighted by molar-refractivity contribution is 6.42. The standard InChI is InChI=1S/C22H16Cl2N2O4/c1-12-4-7-17(30-12)20(27)18-19(14-5-6-15(23)16(24)9-14)26(22(29)21(18)28)11-13-3-2-8-25-10-13/h2-10,19,28H,11H2,1H3/t19-/m1/s1. The van der Waals surface area contributed by atoms with Crippen LogP contribution in [0.1, 0.15) is 33.5 Å². The van der Waals surface area contributed by atoms with Gasteiger partial charge in [0.25, 0.3) is 5.91 Å². The second-order valence-corrected chi connectivity index (χ2v) is 7.69. The molecular weight excluding hydrogens is 427 g/mol. The summed E-state index contributed by atoms with van der Waals surface area (Å²) in [6.07, 6.45) is 3.24. The summed E-state index contributed by atoms with van der Waals surface area (Å²) in [7, 11) is 0. The molecule has 0 saturated heterocycles. The number of benzene rings is 1. The molecule has 3 heterocycles. The topological polar surface area (TPSA) is 83.6 Å². The maximum Gasteiger partial charge on any atom is 0.290 e. The maximum atomic E-state index is 13.2. The first-order chi connectivity index (χ1) is 14.4. The highest BCUT2D eigenvalue weighted by atomic mass is 35.5. The van der Waals surface area contributed by atoms with E-state index in [4.69, 9.17) is 27.6 Å². The lowest BCUT2D eigenvalue weighted by atomic mass is 9.95. The Bertz CT molecular complexity index is 1170. The van der Waals surface area contributed by atoms with Gasteiger partial charge in [0.2, 0.25) is 5.78 Å². The molecule has 6 nitrogen and oxygen atoms in total. The molecule has 1 atom stereocenters. The van der Waals surface area contributed by atoms with Crippen molar-refractivity contribution in [1.82, 2.24) is 9.88 Å². The summed E-state index contributed by atoms with van der Waals surface area (Å²) < 4.78 is 5.44. The summed E-state index contributed by atoms with van der Waals surface area (Å²) in [6.45, 7) is 1.84. The van der Waals surface area contributed by atoms with Crippen LogP contribution in [0.5, 0.6) is 0 Å². The number of Topliss-reactive ketones (excluding diaryl/α,β-unsaturated/α-hetero) is 1. The molecule has 0 unspecified atom stereocenters. The Balaban J connectivity index is 1.82. The van der Waals surface area contributed by atoms with Crippen LogP contribution in [0.2, 0.25) is 10.0 Å². The Labute approximate surface area is 182 Å². The number of amides is 1. The summed E-state index contributed by atoms with van der Waals surface area (Å²) in [5, 5.41) is 11.3. The van der Waals surface area contributed by atoms with Crippen molar-refractivity contribution in [3.05, 3.63) is 98.9 Å². The van der Waals surface area contributed by atoms with E-state index in [1.807, 2.05) is 0 Å². The fraction of sp³-hybridized carbons (Fsp3) is 0.136. The largest absolute Gasteiger partial charge is 0.503 e. The molecule has 3 aromatic rings. The van der Waals surface area contributed by atoms with Crippen LogP contribution in [0.3, 0.4) is 0 Å². The van der Waals surface area contributed by atoms with Gasteiger partial charge in [0, 0.05) is 18.9 Å². The number of aliphatic hydroxyl groups excluding tert-OH is 1. The molecule has 30 heavy (non-hydrogen) atoms.